The van der Waals surface area contributed by atoms with E-state index in [-0.39, 0.29) is 11.6 Å². The summed E-state index contributed by atoms with van der Waals surface area (Å²) in [5.41, 5.74) is 2.27. The SMILES string of the molecule is Cc1ccc(C23CCC(=O)N2CCCN3)cc1. The molecule has 3 rings (SSSR count). The first kappa shape index (κ1) is 10.8. The highest BCUT2D eigenvalue weighted by Crippen LogP contribution is 2.39. The molecule has 2 saturated heterocycles. The summed E-state index contributed by atoms with van der Waals surface area (Å²) in [7, 11) is 0. The fraction of sp³-hybridized carbons (Fsp3) is 0.500. The molecule has 0 bridgehead atoms. The highest BCUT2D eigenvalue weighted by Gasteiger charge is 2.47. The largest absolute Gasteiger partial charge is 0.320 e. The zero-order valence-electron chi connectivity index (χ0n) is 10.2. The Bertz CT molecular complexity index is 440. The lowest BCUT2D eigenvalue weighted by molar-refractivity contribution is -0.133. The molecule has 0 aliphatic carbocycles. The Kier molecular flexibility index (Phi) is 2.44. The summed E-state index contributed by atoms with van der Waals surface area (Å²) in [4.78, 5) is 14.0. The van der Waals surface area contributed by atoms with Gasteiger partial charge in [-0.3, -0.25) is 10.1 Å². The zero-order chi connectivity index (χ0) is 11.9. The van der Waals surface area contributed by atoms with Gasteiger partial charge in [0.15, 0.2) is 0 Å². The van der Waals surface area contributed by atoms with E-state index in [9.17, 15) is 4.79 Å². The van der Waals surface area contributed by atoms with Crippen molar-refractivity contribution in [3.63, 3.8) is 0 Å². The summed E-state index contributed by atoms with van der Waals surface area (Å²) in [6, 6.07) is 8.56. The van der Waals surface area contributed by atoms with E-state index in [0.717, 1.165) is 25.9 Å². The molecule has 1 aromatic rings. The van der Waals surface area contributed by atoms with Crippen molar-refractivity contribution >= 4 is 5.91 Å². The number of hydrogen-bond acceptors (Lipinski definition) is 2. The quantitative estimate of drug-likeness (QED) is 0.797. The molecule has 90 valence electrons. The van der Waals surface area contributed by atoms with Gasteiger partial charge >= 0.3 is 0 Å². The van der Waals surface area contributed by atoms with Crippen molar-refractivity contribution in [1.82, 2.24) is 10.2 Å². The number of aryl methyl sites for hydroxylation is 1. The van der Waals surface area contributed by atoms with E-state index < -0.39 is 0 Å². The molecule has 0 spiro atoms. The molecule has 3 heteroatoms. The summed E-state index contributed by atoms with van der Waals surface area (Å²) in [6.45, 7) is 3.98. The number of nitrogens with zero attached hydrogens (tertiary/aromatic N) is 1. The lowest BCUT2D eigenvalue weighted by atomic mass is 9.93. The van der Waals surface area contributed by atoms with Crippen LogP contribution in [0.2, 0.25) is 0 Å². The van der Waals surface area contributed by atoms with Crippen LogP contribution < -0.4 is 5.32 Å². The standard InChI is InChI=1S/C14H18N2O/c1-11-3-5-12(6-4-11)14-8-7-13(17)16(14)10-2-9-15-14/h3-6,15H,2,7-10H2,1H3. The van der Waals surface area contributed by atoms with Crippen molar-refractivity contribution in [1.29, 1.82) is 0 Å². The van der Waals surface area contributed by atoms with Crippen molar-refractivity contribution in [3.05, 3.63) is 35.4 Å². The van der Waals surface area contributed by atoms with E-state index in [1.165, 1.54) is 11.1 Å². The predicted molar refractivity (Wildman–Crippen MR) is 66.4 cm³/mol. The Morgan fingerprint density at radius 3 is 2.82 bits per heavy atom. The predicted octanol–water partition coefficient (Wildman–Crippen LogP) is 1.76. The third-order valence-corrected chi connectivity index (χ3v) is 3.97. The monoisotopic (exact) mass is 230 g/mol. The third kappa shape index (κ3) is 1.57. The maximum absolute atomic E-state index is 11.9. The van der Waals surface area contributed by atoms with Crippen LogP contribution >= 0.6 is 0 Å². The fourth-order valence-corrected chi connectivity index (χ4v) is 3.03. The summed E-state index contributed by atoms with van der Waals surface area (Å²) in [5.74, 6) is 0.290. The van der Waals surface area contributed by atoms with E-state index in [2.05, 4.69) is 36.5 Å². The van der Waals surface area contributed by atoms with Crippen LogP contribution in [0.1, 0.15) is 30.4 Å². The van der Waals surface area contributed by atoms with Crippen LogP contribution in [0.3, 0.4) is 0 Å². The maximum Gasteiger partial charge on any atom is 0.224 e. The number of carbonyl (C=O) groups is 1. The van der Waals surface area contributed by atoms with Crippen molar-refractivity contribution in [2.75, 3.05) is 13.1 Å². The second-order valence-corrected chi connectivity index (χ2v) is 5.05. The Labute approximate surface area is 102 Å². The van der Waals surface area contributed by atoms with Crippen molar-refractivity contribution < 1.29 is 4.79 Å². The normalized spacial score (nSPS) is 28.3. The van der Waals surface area contributed by atoms with Gasteiger partial charge in [0.05, 0.1) is 0 Å². The van der Waals surface area contributed by atoms with Gasteiger partial charge in [0.2, 0.25) is 5.91 Å². The highest BCUT2D eigenvalue weighted by atomic mass is 16.2. The van der Waals surface area contributed by atoms with Crippen molar-refractivity contribution in [2.45, 2.75) is 31.8 Å². The lowest BCUT2D eigenvalue weighted by Crippen LogP contribution is -2.58. The van der Waals surface area contributed by atoms with Gasteiger partial charge in [0.25, 0.3) is 0 Å². The van der Waals surface area contributed by atoms with E-state index in [1.54, 1.807) is 0 Å². The van der Waals surface area contributed by atoms with Crippen LogP contribution in [0.15, 0.2) is 24.3 Å². The summed E-state index contributed by atoms with van der Waals surface area (Å²) in [5, 5.41) is 3.57. The fourth-order valence-electron chi connectivity index (χ4n) is 3.03. The summed E-state index contributed by atoms with van der Waals surface area (Å²) >= 11 is 0. The topological polar surface area (TPSA) is 32.3 Å². The van der Waals surface area contributed by atoms with Crippen LogP contribution in [-0.4, -0.2) is 23.9 Å². The molecule has 1 N–H and O–H groups in total. The second kappa shape index (κ2) is 3.84. The molecule has 1 unspecified atom stereocenters. The summed E-state index contributed by atoms with van der Waals surface area (Å²) < 4.78 is 0. The van der Waals surface area contributed by atoms with E-state index in [4.69, 9.17) is 0 Å². The average Bonchev–Trinajstić information content (AvgIpc) is 2.70. The second-order valence-electron chi connectivity index (χ2n) is 5.05. The smallest absolute Gasteiger partial charge is 0.224 e. The minimum Gasteiger partial charge on any atom is -0.320 e. The van der Waals surface area contributed by atoms with Crippen molar-refractivity contribution in [2.24, 2.45) is 0 Å². The first-order chi connectivity index (χ1) is 8.22. The van der Waals surface area contributed by atoms with E-state index >= 15 is 0 Å². The van der Waals surface area contributed by atoms with E-state index in [0.29, 0.717) is 6.42 Å². The number of benzene rings is 1. The van der Waals surface area contributed by atoms with Crippen LogP contribution in [0.25, 0.3) is 0 Å². The van der Waals surface area contributed by atoms with Crippen LogP contribution in [-0.2, 0) is 10.5 Å². The molecule has 2 aliphatic heterocycles. The molecule has 0 saturated carbocycles. The number of amides is 1. The minimum atomic E-state index is -0.219. The molecule has 2 fully saturated rings. The van der Waals surface area contributed by atoms with Gasteiger partial charge in [0, 0.05) is 13.0 Å². The number of nitrogens with one attached hydrogen (secondary N) is 1. The molecule has 2 aliphatic rings. The molecule has 2 heterocycles. The molecule has 3 nitrogen and oxygen atoms in total. The molecule has 0 radical (unpaired) electrons. The van der Waals surface area contributed by atoms with Gasteiger partial charge in [-0.15, -0.1) is 0 Å². The number of rotatable bonds is 1. The minimum absolute atomic E-state index is 0.219. The van der Waals surface area contributed by atoms with Crippen LogP contribution in [0, 0.1) is 6.92 Å². The molecule has 1 atom stereocenters. The van der Waals surface area contributed by atoms with Crippen LogP contribution in [0.5, 0.6) is 0 Å². The Hall–Kier alpha value is -1.35. The maximum atomic E-state index is 11.9. The lowest BCUT2D eigenvalue weighted by Gasteiger charge is -2.43. The first-order valence-electron chi connectivity index (χ1n) is 6.35. The highest BCUT2D eigenvalue weighted by molar-refractivity contribution is 5.80. The van der Waals surface area contributed by atoms with Gasteiger partial charge in [0.1, 0.15) is 5.66 Å². The number of carbonyl (C=O) groups excluding carboxylic acids is 1. The molecule has 1 aromatic carbocycles. The Morgan fingerprint density at radius 1 is 1.29 bits per heavy atom. The Morgan fingerprint density at radius 2 is 2.06 bits per heavy atom. The van der Waals surface area contributed by atoms with E-state index in [1.807, 2.05) is 4.90 Å². The zero-order valence-corrected chi connectivity index (χ0v) is 10.2. The molecule has 1 amide bonds. The number of hydrogen-bond donors (Lipinski definition) is 1. The third-order valence-electron chi connectivity index (χ3n) is 3.97. The molecular formula is C14H18N2O. The molecule has 17 heavy (non-hydrogen) atoms. The van der Waals surface area contributed by atoms with Gasteiger partial charge in [-0.1, -0.05) is 29.8 Å². The summed E-state index contributed by atoms with van der Waals surface area (Å²) in [6.07, 6.45) is 2.62. The van der Waals surface area contributed by atoms with Gasteiger partial charge < -0.3 is 4.90 Å². The average molecular weight is 230 g/mol. The number of fused-ring (bicyclic) bond motifs is 1. The first-order valence-corrected chi connectivity index (χ1v) is 6.35. The Balaban J connectivity index is 2.03. The van der Waals surface area contributed by atoms with Crippen molar-refractivity contribution in [3.8, 4) is 0 Å². The molecular weight excluding hydrogens is 212 g/mol. The van der Waals surface area contributed by atoms with Gasteiger partial charge in [-0.05, 0) is 31.9 Å². The van der Waals surface area contributed by atoms with Gasteiger partial charge in [-0.25, -0.2) is 0 Å². The van der Waals surface area contributed by atoms with Crippen LogP contribution in [0.4, 0.5) is 0 Å². The molecule has 0 aromatic heterocycles. The van der Waals surface area contributed by atoms with Gasteiger partial charge in [-0.2, -0.15) is 0 Å².